The van der Waals surface area contributed by atoms with E-state index < -0.39 is 8.32 Å². The molecular weight excluding hydrogens is 260 g/mol. The molecule has 0 amide bonds. The molecular formula is C18H30OSi. The fourth-order valence-electron chi connectivity index (χ4n) is 2.87. The Kier molecular flexibility index (Phi) is 3.94. The van der Waals surface area contributed by atoms with Gasteiger partial charge in [0, 0.05) is 12.8 Å². The van der Waals surface area contributed by atoms with Gasteiger partial charge >= 0.3 is 0 Å². The fourth-order valence-corrected chi connectivity index (χ4v) is 4.57. The van der Waals surface area contributed by atoms with Crippen molar-refractivity contribution in [3.05, 3.63) is 35.4 Å². The predicted molar refractivity (Wildman–Crippen MR) is 89.7 cm³/mol. The van der Waals surface area contributed by atoms with Gasteiger partial charge in [-0.2, -0.15) is 0 Å². The lowest BCUT2D eigenvalue weighted by atomic mass is 9.87. The normalized spacial score (nSPS) is 18.4. The van der Waals surface area contributed by atoms with E-state index in [2.05, 4.69) is 72.0 Å². The van der Waals surface area contributed by atoms with Crippen molar-refractivity contribution in [1.29, 1.82) is 0 Å². The molecule has 0 aromatic heterocycles. The number of rotatable bonds is 3. The first kappa shape index (κ1) is 15.8. The van der Waals surface area contributed by atoms with Gasteiger partial charge in [0.05, 0.1) is 5.60 Å². The van der Waals surface area contributed by atoms with Crippen molar-refractivity contribution in [3.63, 3.8) is 0 Å². The third-order valence-electron chi connectivity index (χ3n) is 5.41. The highest BCUT2D eigenvalue weighted by atomic mass is 28.4. The van der Waals surface area contributed by atoms with Crippen LogP contribution in [0.3, 0.4) is 0 Å². The van der Waals surface area contributed by atoms with E-state index >= 15 is 0 Å². The molecule has 1 nitrogen and oxygen atoms in total. The van der Waals surface area contributed by atoms with E-state index in [1.54, 1.807) is 0 Å². The van der Waals surface area contributed by atoms with Crippen molar-refractivity contribution in [2.75, 3.05) is 0 Å². The molecule has 112 valence electrons. The lowest BCUT2D eigenvalue weighted by Crippen LogP contribution is -2.52. The standard InChI is InChI=1S/C18H30OSi/c1-14(2)18(19-20(6,7)17(3,4)5)12-15-10-8-9-11-16(15)13-18/h8-11,14H,12-13H2,1-7H3. The van der Waals surface area contributed by atoms with Crippen LogP contribution in [0.4, 0.5) is 0 Å². The second-order valence-electron chi connectivity index (χ2n) is 8.20. The molecule has 0 bridgehead atoms. The molecule has 20 heavy (non-hydrogen) atoms. The van der Waals surface area contributed by atoms with Gasteiger partial charge in [-0.15, -0.1) is 0 Å². The summed E-state index contributed by atoms with van der Waals surface area (Å²) >= 11 is 0. The van der Waals surface area contributed by atoms with E-state index in [0.29, 0.717) is 5.92 Å². The van der Waals surface area contributed by atoms with E-state index in [1.807, 2.05) is 0 Å². The topological polar surface area (TPSA) is 9.23 Å². The molecule has 0 spiro atoms. The molecule has 0 saturated heterocycles. The zero-order valence-corrected chi connectivity index (χ0v) is 15.2. The highest BCUT2D eigenvalue weighted by molar-refractivity contribution is 6.74. The van der Waals surface area contributed by atoms with Crippen LogP contribution < -0.4 is 0 Å². The number of fused-ring (bicyclic) bond motifs is 1. The average molecular weight is 291 g/mol. The Balaban J connectivity index is 2.32. The van der Waals surface area contributed by atoms with Crippen LogP contribution in [0.1, 0.15) is 45.7 Å². The smallest absolute Gasteiger partial charge is 0.192 e. The quantitative estimate of drug-likeness (QED) is 0.695. The van der Waals surface area contributed by atoms with Gasteiger partial charge in [-0.1, -0.05) is 58.9 Å². The minimum Gasteiger partial charge on any atom is -0.410 e. The van der Waals surface area contributed by atoms with Crippen LogP contribution >= 0.6 is 0 Å². The summed E-state index contributed by atoms with van der Waals surface area (Å²) in [5.74, 6) is 0.545. The summed E-state index contributed by atoms with van der Waals surface area (Å²) in [6.07, 6.45) is 2.15. The summed E-state index contributed by atoms with van der Waals surface area (Å²) in [5, 5.41) is 0.268. The van der Waals surface area contributed by atoms with Gasteiger partial charge in [-0.05, 0) is 35.2 Å². The SMILES string of the molecule is CC(C)C1(O[Si](C)(C)C(C)(C)C)Cc2ccccc2C1. The molecule has 2 heteroatoms. The third-order valence-corrected chi connectivity index (χ3v) is 9.94. The Morgan fingerprint density at radius 3 is 1.85 bits per heavy atom. The molecule has 1 aromatic carbocycles. The van der Waals surface area contributed by atoms with Crippen LogP contribution in [-0.2, 0) is 17.3 Å². The minimum absolute atomic E-state index is 0.00664. The number of hydrogen-bond donors (Lipinski definition) is 0. The monoisotopic (exact) mass is 290 g/mol. The summed E-state index contributed by atoms with van der Waals surface area (Å²) < 4.78 is 6.93. The van der Waals surface area contributed by atoms with Crippen LogP contribution in [0, 0.1) is 5.92 Å². The summed E-state index contributed by atoms with van der Waals surface area (Å²) in [5.41, 5.74) is 2.98. The molecule has 0 fully saturated rings. The summed E-state index contributed by atoms with van der Waals surface area (Å²) in [4.78, 5) is 0. The first-order valence-electron chi connectivity index (χ1n) is 7.84. The molecule has 0 atom stereocenters. The maximum Gasteiger partial charge on any atom is 0.192 e. The molecule has 0 unspecified atom stereocenters. The highest BCUT2D eigenvalue weighted by Crippen LogP contribution is 2.45. The van der Waals surface area contributed by atoms with Gasteiger partial charge in [0.15, 0.2) is 8.32 Å². The Bertz CT molecular complexity index is 457. The molecule has 1 aromatic rings. The van der Waals surface area contributed by atoms with E-state index in [0.717, 1.165) is 12.8 Å². The molecule has 0 aliphatic heterocycles. The van der Waals surface area contributed by atoms with Gasteiger partial charge in [0.2, 0.25) is 0 Å². The summed E-state index contributed by atoms with van der Waals surface area (Å²) in [7, 11) is -1.74. The minimum atomic E-state index is -1.74. The van der Waals surface area contributed by atoms with E-state index in [9.17, 15) is 0 Å². The summed E-state index contributed by atoms with van der Waals surface area (Å²) in [6, 6.07) is 8.85. The van der Waals surface area contributed by atoms with Crippen molar-refractivity contribution >= 4 is 8.32 Å². The van der Waals surface area contributed by atoms with Crippen molar-refractivity contribution in [2.24, 2.45) is 5.92 Å². The highest BCUT2D eigenvalue weighted by Gasteiger charge is 2.48. The van der Waals surface area contributed by atoms with Crippen LogP contribution in [0.2, 0.25) is 18.1 Å². The number of benzene rings is 1. The second kappa shape index (κ2) is 4.99. The van der Waals surface area contributed by atoms with Gasteiger partial charge in [0.25, 0.3) is 0 Å². The maximum absolute atomic E-state index is 6.93. The molecule has 1 aliphatic carbocycles. The first-order chi connectivity index (χ1) is 9.07. The molecule has 2 rings (SSSR count). The lowest BCUT2D eigenvalue weighted by Gasteiger charge is -2.46. The largest absolute Gasteiger partial charge is 0.410 e. The average Bonchev–Trinajstić information content (AvgIpc) is 2.65. The Hall–Kier alpha value is -0.603. The van der Waals surface area contributed by atoms with E-state index in [1.165, 1.54) is 11.1 Å². The third kappa shape index (κ3) is 2.73. The van der Waals surface area contributed by atoms with Crippen LogP contribution in [0.5, 0.6) is 0 Å². The zero-order chi connectivity index (χ0) is 15.2. The van der Waals surface area contributed by atoms with Gasteiger partial charge in [-0.3, -0.25) is 0 Å². The van der Waals surface area contributed by atoms with Crippen molar-refractivity contribution in [2.45, 2.75) is 71.2 Å². The second-order valence-corrected chi connectivity index (χ2v) is 12.9. The lowest BCUT2D eigenvalue weighted by molar-refractivity contribution is 0.0180. The van der Waals surface area contributed by atoms with Crippen molar-refractivity contribution in [3.8, 4) is 0 Å². The van der Waals surface area contributed by atoms with Gasteiger partial charge < -0.3 is 4.43 Å². The fraction of sp³-hybridized carbons (Fsp3) is 0.667. The van der Waals surface area contributed by atoms with Crippen molar-refractivity contribution < 1.29 is 4.43 Å². The molecule has 0 N–H and O–H groups in total. The molecule has 0 heterocycles. The van der Waals surface area contributed by atoms with Crippen LogP contribution in [-0.4, -0.2) is 13.9 Å². The molecule has 0 radical (unpaired) electrons. The van der Waals surface area contributed by atoms with Gasteiger partial charge in [-0.25, -0.2) is 0 Å². The Morgan fingerprint density at radius 1 is 1.05 bits per heavy atom. The van der Waals surface area contributed by atoms with Crippen LogP contribution in [0.15, 0.2) is 24.3 Å². The molecule has 0 saturated carbocycles. The Labute approximate surface area is 125 Å². The van der Waals surface area contributed by atoms with Crippen molar-refractivity contribution in [1.82, 2.24) is 0 Å². The molecule has 1 aliphatic rings. The summed E-state index contributed by atoms with van der Waals surface area (Å²) in [6.45, 7) is 16.4. The van der Waals surface area contributed by atoms with E-state index in [4.69, 9.17) is 4.43 Å². The van der Waals surface area contributed by atoms with E-state index in [-0.39, 0.29) is 10.6 Å². The van der Waals surface area contributed by atoms with Gasteiger partial charge in [0.1, 0.15) is 0 Å². The maximum atomic E-state index is 6.93. The zero-order valence-electron chi connectivity index (χ0n) is 14.2. The van der Waals surface area contributed by atoms with Crippen LogP contribution in [0.25, 0.3) is 0 Å². The first-order valence-corrected chi connectivity index (χ1v) is 10.8. The number of hydrogen-bond acceptors (Lipinski definition) is 1. The predicted octanol–water partition coefficient (Wildman–Crippen LogP) is 5.20. The Morgan fingerprint density at radius 2 is 1.50 bits per heavy atom.